The number of benzene rings is 1. The quantitative estimate of drug-likeness (QED) is 0.540. The van der Waals surface area contributed by atoms with Crippen LogP contribution in [-0.2, 0) is 4.74 Å². The van der Waals surface area contributed by atoms with Gasteiger partial charge >= 0.3 is 0 Å². The van der Waals surface area contributed by atoms with Crippen molar-refractivity contribution in [2.75, 3.05) is 30.8 Å². The maximum atomic E-state index is 9.41. The minimum absolute atomic E-state index is 0.142. The van der Waals surface area contributed by atoms with Crippen LogP contribution in [0.3, 0.4) is 0 Å². The number of nitrogens with two attached hydrogens (primary N) is 1. The molecule has 0 bridgehead atoms. The summed E-state index contributed by atoms with van der Waals surface area (Å²) in [7, 11) is 1.71. The highest BCUT2D eigenvalue weighted by Crippen LogP contribution is 2.29. The maximum absolute atomic E-state index is 9.41. The standard InChI is InChI=1S/C10H14N2O2/c1-14-8-5-12(6-8)7-2-3-9(11)10(13)4-7/h2-4,8,13H,5-6,11H2,1H3. The highest BCUT2D eigenvalue weighted by Gasteiger charge is 2.26. The Hall–Kier alpha value is -1.42. The summed E-state index contributed by atoms with van der Waals surface area (Å²) < 4.78 is 5.16. The Labute approximate surface area is 82.9 Å². The molecular weight excluding hydrogens is 180 g/mol. The van der Waals surface area contributed by atoms with Gasteiger partial charge in [0, 0.05) is 32.0 Å². The first-order valence-electron chi connectivity index (χ1n) is 4.57. The number of anilines is 2. The Balaban J connectivity index is 2.08. The molecule has 0 saturated carbocycles. The molecule has 0 radical (unpaired) electrons. The van der Waals surface area contributed by atoms with Crippen LogP contribution in [0.15, 0.2) is 18.2 Å². The van der Waals surface area contributed by atoms with E-state index in [-0.39, 0.29) is 5.75 Å². The van der Waals surface area contributed by atoms with Gasteiger partial charge in [0.25, 0.3) is 0 Å². The lowest BCUT2D eigenvalue weighted by Crippen LogP contribution is -2.51. The normalized spacial score (nSPS) is 16.8. The summed E-state index contributed by atoms with van der Waals surface area (Å²) >= 11 is 0. The number of nitrogen functional groups attached to an aromatic ring is 1. The van der Waals surface area contributed by atoms with Gasteiger partial charge in [-0.1, -0.05) is 0 Å². The number of rotatable bonds is 2. The molecule has 0 spiro atoms. The molecule has 0 unspecified atom stereocenters. The molecular formula is C10H14N2O2. The van der Waals surface area contributed by atoms with Crippen LogP contribution in [0.1, 0.15) is 0 Å². The van der Waals surface area contributed by atoms with Gasteiger partial charge in [0.15, 0.2) is 0 Å². The van der Waals surface area contributed by atoms with Gasteiger partial charge in [-0.15, -0.1) is 0 Å². The van der Waals surface area contributed by atoms with Crippen LogP contribution in [0.2, 0.25) is 0 Å². The molecule has 0 aromatic heterocycles. The average molecular weight is 194 g/mol. The molecule has 0 amide bonds. The fourth-order valence-electron chi connectivity index (χ4n) is 1.53. The van der Waals surface area contributed by atoms with Gasteiger partial charge in [0.1, 0.15) is 5.75 Å². The monoisotopic (exact) mass is 194 g/mol. The number of hydrogen-bond donors (Lipinski definition) is 2. The van der Waals surface area contributed by atoms with Crippen molar-refractivity contribution in [3.63, 3.8) is 0 Å². The van der Waals surface area contributed by atoms with E-state index in [1.807, 2.05) is 6.07 Å². The lowest BCUT2D eigenvalue weighted by molar-refractivity contribution is 0.0787. The molecule has 1 aliphatic rings. The number of nitrogens with zero attached hydrogens (tertiary/aromatic N) is 1. The Morgan fingerprint density at radius 3 is 2.79 bits per heavy atom. The molecule has 1 aromatic rings. The van der Waals surface area contributed by atoms with Crippen LogP contribution in [0.4, 0.5) is 11.4 Å². The second-order valence-electron chi connectivity index (χ2n) is 3.51. The first kappa shape index (κ1) is 9.15. The number of hydrogen-bond acceptors (Lipinski definition) is 4. The molecule has 4 heteroatoms. The Bertz CT molecular complexity index is 335. The molecule has 1 aliphatic heterocycles. The van der Waals surface area contributed by atoms with E-state index in [1.54, 1.807) is 19.2 Å². The van der Waals surface area contributed by atoms with Crippen molar-refractivity contribution in [3.8, 4) is 5.75 Å². The molecule has 4 nitrogen and oxygen atoms in total. The van der Waals surface area contributed by atoms with Crippen molar-refractivity contribution in [2.24, 2.45) is 0 Å². The third kappa shape index (κ3) is 1.48. The maximum Gasteiger partial charge on any atom is 0.140 e. The van der Waals surface area contributed by atoms with Crippen LogP contribution in [0.25, 0.3) is 0 Å². The molecule has 1 fully saturated rings. The highest BCUT2D eigenvalue weighted by atomic mass is 16.5. The van der Waals surface area contributed by atoms with Crippen LogP contribution in [0, 0.1) is 0 Å². The Morgan fingerprint density at radius 2 is 2.21 bits per heavy atom. The van der Waals surface area contributed by atoms with Crippen LogP contribution in [0.5, 0.6) is 5.75 Å². The molecule has 3 N–H and O–H groups in total. The number of aromatic hydroxyl groups is 1. The van der Waals surface area contributed by atoms with E-state index in [9.17, 15) is 5.11 Å². The van der Waals surface area contributed by atoms with E-state index >= 15 is 0 Å². The van der Waals surface area contributed by atoms with E-state index in [2.05, 4.69) is 4.90 Å². The summed E-state index contributed by atoms with van der Waals surface area (Å²) in [5, 5.41) is 9.41. The first-order valence-corrected chi connectivity index (χ1v) is 4.57. The third-order valence-corrected chi connectivity index (χ3v) is 2.56. The second-order valence-corrected chi connectivity index (χ2v) is 3.51. The second kappa shape index (κ2) is 3.38. The molecule has 2 rings (SSSR count). The van der Waals surface area contributed by atoms with E-state index in [0.717, 1.165) is 18.8 Å². The summed E-state index contributed by atoms with van der Waals surface area (Å²) in [6.45, 7) is 1.75. The molecule has 0 aliphatic carbocycles. The lowest BCUT2D eigenvalue weighted by Gasteiger charge is -2.40. The largest absolute Gasteiger partial charge is 0.506 e. The van der Waals surface area contributed by atoms with Crippen molar-refractivity contribution in [1.82, 2.24) is 0 Å². The van der Waals surface area contributed by atoms with Crippen LogP contribution in [-0.4, -0.2) is 31.4 Å². The Morgan fingerprint density at radius 1 is 1.50 bits per heavy atom. The molecule has 76 valence electrons. The predicted octanol–water partition coefficient (Wildman–Crippen LogP) is 0.809. The number of ether oxygens (including phenoxy) is 1. The van der Waals surface area contributed by atoms with Crippen molar-refractivity contribution in [3.05, 3.63) is 18.2 Å². The van der Waals surface area contributed by atoms with Crippen LogP contribution < -0.4 is 10.6 Å². The zero-order chi connectivity index (χ0) is 10.1. The third-order valence-electron chi connectivity index (χ3n) is 2.56. The minimum Gasteiger partial charge on any atom is -0.506 e. The van der Waals surface area contributed by atoms with E-state index in [4.69, 9.17) is 10.5 Å². The van der Waals surface area contributed by atoms with Gasteiger partial charge in [-0.05, 0) is 12.1 Å². The zero-order valence-electron chi connectivity index (χ0n) is 8.10. The fraction of sp³-hybridized carbons (Fsp3) is 0.400. The topological polar surface area (TPSA) is 58.7 Å². The van der Waals surface area contributed by atoms with Crippen molar-refractivity contribution >= 4 is 11.4 Å². The number of methoxy groups -OCH3 is 1. The van der Waals surface area contributed by atoms with Crippen molar-refractivity contribution in [2.45, 2.75) is 6.10 Å². The summed E-state index contributed by atoms with van der Waals surface area (Å²) in [6, 6.07) is 5.30. The summed E-state index contributed by atoms with van der Waals surface area (Å²) in [5.41, 5.74) is 6.91. The van der Waals surface area contributed by atoms with E-state index in [0.29, 0.717) is 11.8 Å². The van der Waals surface area contributed by atoms with E-state index < -0.39 is 0 Å². The summed E-state index contributed by atoms with van der Waals surface area (Å²) in [5.74, 6) is 0.142. The molecule has 1 saturated heterocycles. The SMILES string of the molecule is COC1CN(c2ccc(N)c(O)c2)C1. The average Bonchev–Trinajstić information content (AvgIpc) is 2.09. The van der Waals surface area contributed by atoms with Gasteiger partial charge in [-0.2, -0.15) is 0 Å². The minimum atomic E-state index is 0.142. The molecule has 14 heavy (non-hydrogen) atoms. The fourth-order valence-corrected chi connectivity index (χ4v) is 1.53. The Kier molecular flexibility index (Phi) is 2.21. The van der Waals surface area contributed by atoms with Gasteiger partial charge in [0.2, 0.25) is 0 Å². The summed E-state index contributed by atoms with van der Waals surface area (Å²) in [4.78, 5) is 2.13. The number of phenols is 1. The van der Waals surface area contributed by atoms with Gasteiger partial charge in [0.05, 0.1) is 11.8 Å². The van der Waals surface area contributed by atoms with Gasteiger partial charge in [-0.3, -0.25) is 0 Å². The number of phenolic OH excluding ortho intramolecular Hbond substituents is 1. The predicted molar refractivity (Wildman–Crippen MR) is 55.5 cm³/mol. The van der Waals surface area contributed by atoms with Gasteiger partial charge < -0.3 is 20.5 Å². The highest BCUT2D eigenvalue weighted by molar-refractivity contribution is 5.62. The lowest BCUT2D eigenvalue weighted by atomic mass is 10.1. The van der Waals surface area contributed by atoms with Gasteiger partial charge in [-0.25, -0.2) is 0 Å². The first-order chi connectivity index (χ1) is 6.70. The van der Waals surface area contributed by atoms with Crippen LogP contribution >= 0.6 is 0 Å². The summed E-state index contributed by atoms with van der Waals surface area (Å²) in [6.07, 6.45) is 0.315. The van der Waals surface area contributed by atoms with E-state index in [1.165, 1.54) is 0 Å². The smallest absolute Gasteiger partial charge is 0.140 e. The molecule has 0 atom stereocenters. The molecule has 1 aromatic carbocycles. The zero-order valence-corrected chi connectivity index (χ0v) is 8.10. The van der Waals surface area contributed by atoms with Crippen molar-refractivity contribution in [1.29, 1.82) is 0 Å². The molecule has 1 heterocycles. The van der Waals surface area contributed by atoms with Crippen molar-refractivity contribution < 1.29 is 9.84 Å².